The summed E-state index contributed by atoms with van der Waals surface area (Å²) in [4.78, 5) is 12.9. The van der Waals surface area contributed by atoms with E-state index in [1.54, 1.807) is 25.3 Å². The molecule has 1 aromatic heterocycles. The van der Waals surface area contributed by atoms with E-state index in [2.05, 4.69) is 15.5 Å². The number of carbonyl (C=O) groups is 1. The van der Waals surface area contributed by atoms with Gasteiger partial charge in [0.25, 0.3) is 0 Å². The van der Waals surface area contributed by atoms with Gasteiger partial charge in [-0.15, -0.1) is 10.2 Å². The van der Waals surface area contributed by atoms with E-state index in [1.165, 1.54) is 15.6 Å². The second kappa shape index (κ2) is 10.6. The van der Waals surface area contributed by atoms with E-state index in [0.717, 1.165) is 11.3 Å². The number of hydrogen-bond acceptors (Lipinski definition) is 7. The summed E-state index contributed by atoms with van der Waals surface area (Å²) in [6, 6.07) is 12.2. The van der Waals surface area contributed by atoms with Crippen LogP contribution in [0.3, 0.4) is 0 Å². The predicted octanol–water partition coefficient (Wildman–Crippen LogP) is 4.70. The number of amides is 1. The van der Waals surface area contributed by atoms with Gasteiger partial charge >= 0.3 is 0 Å². The average molecular weight is 541 g/mol. The van der Waals surface area contributed by atoms with E-state index in [-0.39, 0.29) is 18.2 Å². The molecule has 3 aromatic rings. The van der Waals surface area contributed by atoms with Crippen molar-refractivity contribution in [3.8, 4) is 16.3 Å². The highest BCUT2D eigenvalue weighted by Crippen LogP contribution is 2.31. The SMILES string of the molecule is COc1ccc(-c2nnc(NC(=O)[C@@H]3CCCN(S(=O)(=O)Cc4c(Cl)cccc4Cl)C3)s2)cc1. The van der Waals surface area contributed by atoms with Crippen molar-refractivity contribution in [2.45, 2.75) is 18.6 Å². The molecule has 8 nitrogen and oxygen atoms in total. The van der Waals surface area contributed by atoms with E-state index in [4.69, 9.17) is 27.9 Å². The lowest BCUT2D eigenvalue weighted by Crippen LogP contribution is -2.44. The summed E-state index contributed by atoms with van der Waals surface area (Å²) >= 11 is 13.6. The largest absolute Gasteiger partial charge is 0.497 e. The first kappa shape index (κ1) is 24.9. The molecule has 1 aliphatic rings. The van der Waals surface area contributed by atoms with Gasteiger partial charge in [-0.1, -0.05) is 40.6 Å². The highest BCUT2D eigenvalue weighted by atomic mass is 35.5. The van der Waals surface area contributed by atoms with Crippen LogP contribution in [-0.4, -0.2) is 49.0 Å². The van der Waals surface area contributed by atoms with E-state index in [9.17, 15) is 13.2 Å². The second-order valence-corrected chi connectivity index (χ2v) is 11.5. The number of anilines is 1. The van der Waals surface area contributed by atoms with Crippen molar-refractivity contribution in [2.24, 2.45) is 5.92 Å². The lowest BCUT2D eigenvalue weighted by atomic mass is 9.99. The molecule has 1 N–H and O–H groups in total. The third-order valence-corrected chi connectivity index (χ3v) is 8.90. The van der Waals surface area contributed by atoms with Crippen molar-refractivity contribution in [3.05, 3.63) is 58.1 Å². The van der Waals surface area contributed by atoms with E-state index in [1.807, 2.05) is 24.3 Å². The Hall–Kier alpha value is -2.24. The minimum absolute atomic E-state index is 0.0837. The van der Waals surface area contributed by atoms with Crippen molar-refractivity contribution >= 4 is 55.6 Å². The average Bonchev–Trinajstić information content (AvgIpc) is 3.30. The van der Waals surface area contributed by atoms with Crippen molar-refractivity contribution in [3.63, 3.8) is 0 Å². The quantitative estimate of drug-likeness (QED) is 0.465. The number of nitrogens with one attached hydrogen (secondary N) is 1. The van der Waals surface area contributed by atoms with Crippen LogP contribution in [0.1, 0.15) is 18.4 Å². The molecule has 0 spiro atoms. The number of carbonyl (C=O) groups excluding carboxylic acids is 1. The monoisotopic (exact) mass is 540 g/mol. The predicted molar refractivity (Wildman–Crippen MR) is 134 cm³/mol. The summed E-state index contributed by atoms with van der Waals surface area (Å²) in [5, 5.41) is 12.6. The Labute approximate surface area is 211 Å². The first-order chi connectivity index (χ1) is 16.3. The van der Waals surface area contributed by atoms with Crippen LogP contribution >= 0.6 is 34.5 Å². The molecular weight excluding hydrogens is 519 g/mol. The van der Waals surface area contributed by atoms with Crippen molar-refractivity contribution in [1.29, 1.82) is 0 Å². The number of aromatic nitrogens is 2. The number of methoxy groups -OCH3 is 1. The van der Waals surface area contributed by atoms with Gasteiger partial charge in [0.05, 0.1) is 18.8 Å². The number of piperidine rings is 1. The molecular formula is C22H22Cl2N4O4S2. The Morgan fingerprint density at radius 1 is 1.18 bits per heavy atom. The van der Waals surface area contributed by atoms with Crippen molar-refractivity contribution < 1.29 is 17.9 Å². The van der Waals surface area contributed by atoms with Crippen LogP contribution in [0.2, 0.25) is 10.0 Å². The normalized spacial score (nSPS) is 16.9. The maximum Gasteiger partial charge on any atom is 0.230 e. The fourth-order valence-electron chi connectivity index (χ4n) is 3.68. The van der Waals surface area contributed by atoms with Gasteiger partial charge < -0.3 is 10.1 Å². The number of benzene rings is 2. The number of halogens is 2. The lowest BCUT2D eigenvalue weighted by molar-refractivity contribution is -0.120. The Kier molecular flexibility index (Phi) is 7.73. The number of hydrogen-bond donors (Lipinski definition) is 1. The molecule has 2 aromatic carbocycles. The summed E-state index contributed by atoms with van der Waals surface area (Å²) in [5.74, 6) is -0.372. The van der Waals surface area contributed by atoms with Crippen LogP contribution in [0, 0.1) is 5.92 Å². The zero-order chi connectivity index (χ0) is 24.3. The molecule has 1 saturated heterocycles. The number of sulfonamides is 1. The molecule has 1 amide bonds. The van der Waals surface area contributed by atoms with Crippen LogP contribution in [-0.2, 0) is 20.6 Å². The molecule has 0 aliphatic carbocycles. The minimum Gasteiger partial charge on any atom is -0.497 e. The molecule has 1 fully saturated rings. The van der Waals surface area contributed by atoms with Gasteiger partial charge in [-0.3, -0.25) is 4.79 Å². The highest BCUT2D eigenvalue weighted by Gasteiger charge is 2.33. The first-order valence-corrected chi connectivity index (χ1v) is 13.6. The molecule has 180 valence electrons. The smallest absolute Gasteiger partial charge is 0.230 e. The third kappa shape index (κ3) is 5.69. The molecule has 0 radical (unpaired) electrons. The Balaban J connectivity index is 1.41. The highest BCUT2D eigenvalue weighted by molar-refractivity contribution is 7.88. The maximum absolute atomic E-state index is 13.0. The zero-order valence-corrected chi connectivity index (χ0v) is 21.3. The molecule has 0 saturated carbocycles. The van der Waals surface area contributed by atoms with Crippen LogP contribution in [0.5, 0.6) is 5.75 Å². The van der Waals surface area contributed by atoms with Gasteiger partial charge in [0, 0.05) is 34.3 Å². The van der Waals surface area contributed by atoms with E-state index >= 15 is 0 Å². The Morgan fingerprint density at radius 2 is 1.88 bits per heavy atom. The Morgan fingerprint density at radius 3 is 2.56 bits per heavy atom. The van der Waals surface area contributed by atoms with Crippen LogP contribution < -0.4 is 10.1 Å². The van der Waals surface area contributed by atoms with E-state index in [0.29, 0.717) is 45.1 Å². The second-order valence-electron chi connectivity index (χ2n) is 7.78. The summed E-state index contributed by atoms with van der Waals surface area (Å²) in [5.41, 5.74) is 1.21. The maximum atomic E-state index is 13.0. The van der Waals surface area contributed by atoms with Gasteiger partial charge in [-0.05, 0) is 49.2 Å². The standard InChI is InChI=1S/C22H22Cl2N4O4S2/c1-32-16-9-7-14(8-10-16)21-26-27-22(33-21)25-20(29)15-4-3-11-28(12-15)34(30,31)13-17-18(23)5-2-6-19(17)24/h2,5-10,15H,3-4,11-13H2,1H3,(H,25,27,29)/t15-/m1/s1. The third-order valence-electron chi connectivity index (χ3n) is 5.53. The fraction of sp³-hybridized carbons (Fsp3) is 0.318. The molecule has 4 rings (SSSR count). The summed E-state index contributed by atoms with van der Waals surface area (Å²) in [6.07, 6.45) is 1.15. The lowest BCUT2D eigenvalue weighted by Gasteiger charge is -2.31. The van der Waals surface area contributed by atoms with Gasteiger partial charge in [0.2, 0.25) is 21.1 Å². The number of rotatable bonds is 7. The van der Waals surface area contributed by atoms with Gasteiger partial charge in [-0.2, -0.15) is 0 Å². The van der Waals surface area contributed by atoms with Gasteiger partial charge in [-0.25, -0.2) is 12.7 Å². The summed E-state index contributed by atoms with van der Waals surface area (Å²) in [7, 11) is -2.12. The van der Waals surface area contributed by atoms with Crippen molar-refractivity contribution in [1.82, 2.24) is 14.5 Å². The Bertz CT molecular complexity index is 1260. The van der Waals surface area contributed by atoms with Crippen LogP contribution in [0.25, 0.3) is 10.6 Å². The van der Waals surface area contributed by atoms with Crippen molar-refractivity contribution in [2.75, 3.05) is 25.5 Å². The molecule has 0 bridgehead atoms. The molecule has 1 atom stereocenters. The van der Waals surface area contributed by atoms with Gasteiger partial charge in [0.1, 0.15) is 10.8 Å². The van der Waals surface area contributed by atoms with Crippen LogP contribution in [0.4, 0.5) is 5.13 Å². The zero-order valence-electron chi connectivity index (χ0n) is 18.2. The van der Waals surface area contributed by atoms with Gasteiger partial charge in [0.15, 0.2) is 0 Å². The topological polar surface area (TPSA) is 101 Å². The number of ether oxygens (including phenoxy) is 1. The molecule has 34 heavy (non-hydrogen) atoms. The molecule has 0 unspecified atom stereocenters. The minimum atomic E-state index is -3.71. The molecule has 1 aliphatic heterocycles. The number of nitrogens with zero attached hydrogens (tertiary/aromatic N) is 3. The molecule has 12 heteroatoms. The molecule has 2 heterocycles. The summed E-state index contributed by atoms with van der Waals surface area (Å²) < 4.78 is 32.6. The fourth-order valence-corrected chi connectivity index (χ4v) is 6.80. The summed E-state index contributed by atoms with van der Waals surface area (Å²) in [6.45, 7) is 0.426. The van der Waals surface area contributed by atoms with Crippen LogP contribution in [0.15, 0.2) is 42.5 Å². The first-order valence-electron chi connectivity index (χ1n) is 10.5. The van der Waals surface area contributed by atoms with E-state index < -0.39 is 15.9 Å².